The maximum Gasteiger partial charge on any atom is 0.343 e. The third-order valence-corrected chi connectivity index (χ3v) is 3.86. The van der Waals surface area contributed by atoms with Crippen molar-refractivity contribution in [1.29, 1.82) is 0 Å². The van der Waals surface area contributed by atoms with Gasteiger partial charge in [0, 0.05) is 11.9 Å². The van der Waals surface area contributed by atoms with Gasteiger partial charge in [-0.2, -0.15) is 5.10 Å². The molecule has 0 spiro atoms. The molecule has 0 atom stereocenters. The molecule has 130 valence electrons. The van der Waals surface area contributed by atoms with E-state index in [1.807, 2.05) is 0 Å². The van der Waals surface area contributed by atoms with Crippen molar-refractivity contribution >= 4 is 22.6 Å². The van der Waals surface area contributed by atoms with E-state index in [-0.39, 0.29) is 23.3 Å². The summed E-state index contributed by atoms with van der Waals surface area (Å²) in [4.78, 5) is 24.7. The Hall–Kier alpha value is -3.62. The lowest BCUT2D eigenvalue weighted by Gasteiger charge is -2.07. The molecule has 0 radical (unpaired) electrons. The van der Waals surface area contributed by atoms with Gasteiger partial charge in [-0.3, -0.25) is 9.36 Å². The summed E-state index contributed by atoms with van der Waals surface area (Å²) in [6.07, 6.45) is 2.86. The number of hydrogen-bond donors (Lipinski definition) is 0. The summed E-state index contributed by atoms with van der Waals surface area (Å²) in [5.41, 5.74) is 0.903. The third-order valence-electron chi connectivity index (χ3n) is 3.86. The Kier molecular flexibility index (Phi) is 3.68. The van der Waals surface area contributed by atoms with Gasteiger partial charge in [0.2, 0.25) is 0 Å². The fraction of sp³-hybridized carbons (Fsp3) is 0.118. The number of ether oxygens (including phenoxy) is 1. The molecule has 26 heavy (non-hydrogen) atoms. The lowest BCUT2D eigenvalue weighted by molar-refractivity contribution is 0.0528. The molecule has 0 amide bonds. The number of aromatic nitrogens is 5. The largest absolute Gasteiger partial charge is 0.462 e. The van der Waals surface area contributed by atoms with Gasteiger partial charge in [-0.05, 0) is 37.3 Å². The molecule has 0 aliphatic rings. The predicted molar refractivity (Wildman–Crippen MR) is 89.8 cm³/mol. The lowest BCUT2D eigenvalue weighted by Crippen LogP contribution is -2.20. The van der Waals surface area contributed by atoms with Gasteiger partial charge in [0.15, 0.2) is 11.2 Å². The van der Waals surface area contributed by atoms with E-state index in [4.69, 9.17) is 4.74 Å². The maximum atomic E-state index is 13.1. The molecule has 0 fully saturated rings. The van der Waals surface area contributed by atoms with Crippen molar-refractivity contribution in [2.45, 2.75) is 6.92 Å². The van der Waals surface area contributed by atoms with E-state index in [2.05, 4.69) is 15.3 Å². The molecule has 0 N–H and O–H groups in total. The average molecular weight is 353 g/mol. The zero-order chi connectivity index (χ0) is 18.3. The van der Waals surface area contributed by atoms with Crippen LogP contribution in [0.4, 0.5) is 4.39 Å². The van der Waals surface area contributed by atoms with Crippen LogP contribution in [0.2, 0.25) is 0 Å². The van der Waals surface area contributed by atoms with Gasteiger partial charge in [-0.25, -0.2) is 13.7 Å². The lowest BCUT2D eigenvalue weighted by atomic mass is 10.3. The van der Waals surface area contributed by atoms with Gasteiger partial charge < -0.3 is 4.74 Å². The smallest absolute Gasteiger partial charge is 0.343 e. The number of carbonyl (C=O) groups is 1. The molecule has 0 aliphatic carbocycles. The summed E-state index contributed by atoms with van der Waals surface area (Å²) in [5, 5.41) is 12.0. The first-order valence-corrected chi connectivity index (χ1v) is 7.79. The molecule has 1 aromatic carbocycles. The normalized spacial score (nSPS) is 11.2. The average Bonchev–Trinajstić information content (AvgIpc) is 3.08. The van der Waals surface area contributed by atoms with Crippen molar-refractivity contribution < 1.29 is 13.9 Å². The number of esters is 1. The van der Waals surface area contributed by atoms with Crippen molar-refractivity contribution in [2.75, 3.05) is 6.61 Å². The minimum Gasteiger partial charge on any atom is -0.462 e. The quantitative estimate of drug-likeness (QED) is 0.521. The zero-order valence-corrected chi connectivity index (χ0v) is 13.6. The van der Waals surface area contributed by atoms with Crippen LogP contribution in [-0.4, -0.2) is 37.0 Å². The van der Waals surface area contributed by atoms with Crippen molar-refractivity contribution in [3.63, 3.8) is 0 Å². The van der Waals surface area contributed by atoms with E-state index in [0.29, 0.717) is 11.2 Å². The van der Waals surface area contributed by atoms with Gasteiger partial charge >= 0.3 is 5.97 Å². The molecule has 0 saturated heterocycles. The van der Waals surface area contributed by atoms with E-state index < -0.39 is 17.3 Å². The Morgan fingerprint density at radius 1 is 1.19 bits per heavy atom. The van der Waals surface area contributed by atoms with Gasteiger partial charge in [-0.1, -0.05) is 0 Å². The van der Waals surface area contributed by atoms with Gasteiger partial charge in [-0.15, -0.1) is 10.2 Å². The number of rotatable bonds is 3. The third kappa shape index (κ3) is 2.41. The minimum atomic E-state index is -0.559. The number of hydrogen-bond acceptors (Lipinski definition) is 6. The molecule has 0 aliphatic heterocycles. The Labute approximate surface area is 145 Å². The summed E-state index contributed by atoms with van der Waals surface area (Å²) >= 11 is 0. The summed E-state index contributed by atoms with van der Waals surface area (Å²) in [6, 6.07) is 7.13. The number of carbonyl (C=O) groups excluding carboxylic acids is 1. The Balaban J connectivity index is 1.91. The molecule has 3 heterocycles. The maximum absolute atomic E-state index is 13.1. The van der Waals surface area contributed by atoms with E-state index in [0.717, 1.165) is 0 Å². The van der Waals surface area contributed by atoms with Gasteiger partial charge in [0.25, 0.3) is 5.56 Å². The molecular formula is C17H12FN5O3. The Morgan fingerprint density at radius 3 is 2.69 bits per heavy atom. The molecule has 0 unspecified atom stereocenters. The van der Waals surface area contributed by atoms with E-state index in [1.54, 1.807) is 13.0 Å². The Bertz CT molecular complexity index is 1200. The van der Waals surface area contributed by atoms with E-state index in [1.165, 1.54) is 45.7 Å². The van der Waals surface area contributed by atoms with Crippen molar-refractivity contribution in [3.8, 4) is 5.69 Å². The van der Waals surface area contributed by atoms with Crippen LogP contribution in [0.15, 0.2) is 47.5 Å². The molecule has 4 rings (SSSR count). The van der Waals surface area contributed by atoms with Crippen LogP contribution < -0.4 is 5.56 Å². The Morgan fingerprint density at radius 2 is 1.96 bits per heavy atom. The molecule has 4 aromatic rings. The SMILES string of the molecule is CCOC(=O)c1cnn2c1nnc1c(=O)n(-c3ccc(F)cc3)ccc12. The topological polar surface area (TPSA) is 91.4 Å². The first kappa shape index (κ1) is 15.9. The highest BCUT2D eigenvalue weighted by Crippen LogP contribution is 2.15. The van der Waals surface area contributed by atoms with Crippen LogP contribution in [0.25, 0.3) is 22.4 Å². The number of halogens is 1. The first-order chi connectivity index (χ1) is 12.6. The van der Waals surface area contributed by atoms with Crippen LogP contribution in [0.5, 0.6) is 0 Å². The number of fused-ring (bicyclic) bond motifs is 3. The number of nitrogens with zero attached hydrogens (tertiary/aromatic N) is 5. The van der Waals surface area contributed by atoms with E-state index >= 15 is 0 Å². The number of benzene rings is 1. The highest BCUT2D eigenvalue weighted by atomic mass is 19.1. The standard InChI is InChI=1S/C17H12FN5O3/c1-2-26-17(25)12-9-19-23-13-7-8-22(11-5-3-10(18)4-6-11)16(24)14(13)20-21-15(12)23/h3-9H,2H2,1H3. The highest BCUT2D eigenvalue weighted by molar-refractivity contribution is 5.96. The van der Waals surface area contributed by atoms with Crippen LogP contribution >= 0.6 is 0 Å². The van der Waals surface area contributed by atoms with Crippen molar-refractivity contribution in [1.82, 2.24) is 24.4 Å². The van der Waals surface area contributed by atoms with Crippen LogP contribution in [0, 0.1) is 5.82 Å². The van der Waals surface area contributed by atoms with Crippen LogP contribution in [0.1, 0.15) is 17.3 Å². The molecule has 3 aromatic heterocycles. The van der Waals surface area contributed by atoms with Crippen LogP contribution in [0.3, 0.4) is 0 Å². The van der Waals surface area contributed by atoms with Gasteiger partial charge in [0.1, 0.15) is 16.9 Å². The predicted octanol–water partition coefficient (Wildman–Crippen LogP) is 1.74. The monoisotopic (exact) mass is 353 g/mol. The number of pyridine rings is 1. The summed E-state index contributed by atoms with van der Waals surface area (Å²) in [5.74, 6) is -0.956. The molecule has 0 bridgehead atoms. The summed E-state index contributed by atoms with van der Waals surface area (Å²) in [7, 11) is 0. The molecule has 9 heteroatoms. The molecule has 8 nitrogen and oxygen atoms in total. The highest BCUT2D eigenvalue weighted by Gasteiger charge is 2.18. The van der Waals surface area contributed by atoms with Crippen molar-refractivity contribution in [3.05, 3.63) is 64.5 Å². The second-order valence-electron chi connectivity index (χ2n) is 5.42. The van der Waals surface area contributed by atoms with Crippen molar-refractivity contribution in [2.24, 2.45) is 0 Å². The fourth-order valence-corrected chi connectivity index (χ4v) is 2.65. The van der Waals surface area contributed by atoms with Gasteiger partial charge in [0.05, 0.1) is 12.8 Å². The first-order valence-electron chi connectivity index (χ1n) is 7.79. The zero-order valence-electron chi connectivity index (χ0n) is 13.6. The molecular weight excluding hydrogens is 341 g/mol. The second-order valence-corrected chi connectivity index (χ2v) is 5.42. The minimum absolute atomic E-state index is 0.0721. The second kappa shape index (κ2) is 6.03. The fourth-order valence-electron chi connectivity index (χ4n) is 2.65. The van der Waals surface area contributed by atoms with E-state index in [9.17, 15) is 14.0 Å². The van der Waals surface area contributed by atoms with Crippen LogP contribution in [-0.2, 0) is 4.74 Å². The molecule has 0 saturated carbocycles. The summed E-state index contributed by atoms with van der Waals surface area (Å²) in [6.45, 7) is 1.92. The summed E-state index contributed by atoms with van der Waals surface area (Å²) < 4.78 is 20.8.